The first kappa shape index (κ1) is 22.2. The molecule has 0 amide bonds. The van der Waals surface area contributed by atoms with Gasteiger partial charge in [0.05, 0.1) is 5.92 Å². The molecule has 166 valence electrons. The van der Waals surface area contributed by atoms with Crippen molar-refractivity contribution in [2.75, 3.05) is 0 Å². The second-order valence-electron chi connectivity index (χ2n) is 8.49. The van der Waals surface area contributed by atoms with Crippen molar-refractivity contribution in [2.24, 2.45) is 5.92 Å². The Labute approximate surface area is 188 Å². The maximum atomic E-state index is 14.8. The van der Waals surface area contributed by atoms with Gasteiger partial charge in [-0.15, -0.1) is 0 Å². The van der Waals surface area contributed by atoms with Crippen LogP contribution in [0.3, 0.4) is 0 Å². The van der Waals surface area contributed by atoms with Gasteiger partial charge < -0.3 is 4.74 Å². The zero-order valence-electron chi connectivity index (χ0n) is 18.6. The Hall–Kier alpha value is -3.01. The van der Waals surface area contributed by atoms with Crippen LogP contribution in [0.15, 0.2) is 54.6 Å². The molecule has 1 aliphatic rings. The van der Waals surface area contributed by atoms with E-state index in [4.69, 9.17) is 4.74 Å². The summed E-state index contributed by atoms with van der Waals surface area (Å²) in [5.74, 6) is -1.47. The number of ether oxygens (including phenoxy) is 1. The number of rotatable bonds is 7. The van der Waals surface area contributed by atoms with Crippen LogP contribution in [0.1, 0.15) is 48.9 Å². The van der Waals surface area contributed by atoms with Gasteiger partial charge >= 0.3 is 5.97 Å². The highest BCUT2D eigenvalue weighted by Gasteiger charge is 2.31. The van der Waals surface area contributed by atoms with E-state index in [9.17, 15) is 13.6 Å². The summed E-state index contributed by atoms with van der Waals surface area (Å²) >= 11 is 0. The third-order valence-electron chi connectivity index (χ3n) is 6.29. The maximum absolute atomic E-state index is 14.8. The molecule has 0 aliphatic carbocycles. The zero-order chi connectivity index (χ0) is 22.7. The van der Waals surface area contributed by atoms with Gasteiger partial charge in [-0.25, -0.2) is 8.78 Å². The Morgan fingerprint density at radius 1 is 0.906 bits per heavy atom. The van der Waals surface area contributed by atoms with Gasteiger partial charge in [-0.1, -0.05) is 68.8 Å². The minimum absolute atomic E-state index is 0.0711. The fraction of sp³-hybridized carbons (Fsp3) is 0.321. The van der Waals surface area contributed by atoms with Crippen LogP contribution in [-0.2, 0) is 30.5 Å². The predicted octanol–water partition coefficient (Wildman–Crippen LogP) is 6.86. The largest absolute Gasteiger partial charge is 0.423 e. The summed E-state index contributed by atoms with van der Waals surface area (Å²) in [5, 5.41) is 0. The van der Waals surface area contributed by atoms with Crippen LogP contribution < -0.4 is 4.74 Å². The van der Waals surface area contributed by atoms with Crippen LogP contribution in [0.25, 0.3) is 11.1 Å². The molecule has 0 N–H and O–H groups in total. The van der Waals surface area contributed by atoms with Gasteiger partial charge in [0.2, 0.25) is 0 Å². The lowest BCUT2D eigenvalue weighted by atomic mass is 9.89. The van der Waals surface area contributed by atoms with Gasteiger partial charge in [-0.3, -0.25) is 4.79 Å². The Bertz CT molecular complexity index is 1120. The molecule has 0 saturated heterocycles. The minimum Gasteiger partial charge on any atom is -0.423 e. The number of hydrogen-bond acceptors (Lipinski definition) is 2. The summed E-state index contributed by atoms with van der Waals surface area (Å²) in [7, 11) is 0. The number of halogens is 2. The Morgan fingerprint density at radius 3 is 2.31 bits per heavy atom. The van der Waals surface area contributed by atoms with E-state index >= 15 is 0 Å². The Balaban J connectivity index is 1.44. The van der Waals surface area contributed by atoms with Gasteiger partial charge in [-0.05, 0) is 71.6 Å². The van der Waals surface area contributed by atoms with Crippen LogP contribution in [0.4, 0.5) is 8.78 Å². The molecule has 1 aliphatic heterocycles. The quantitative estimate of drug-likeness (QED) is 0.300. The van der Waals surface area contributed by atoms with E-state index in [1.807, 2.05) is 31.2 Å². The molecule has 1 heterocycles. The highest BCUT2D eigenvalue weighted by atomic mass is 19.1. The van der Waals surface area contributed by atoms with Crippen LogP contribution >= 0.6 is 0 Å². The number of carbonyl (C=O) groups excluding carboxylic acids is 1. The smallest absolute Gasteiger partial charge is 0.314 e. The molecule has 0 aromatic heterocycles. The molecule has 0 bridgehead atoms. The lowest BCUT2D eigenvalue weighted by Gasteiger charge is -2.24. The number of benzene rings is 3. The normalized spacial score (nSPS) is 15.4. The minimum atomic E-state index is -0.432. The number of carbonyl (C=O) groups is 1. The Morgan fingerprint density at radius 2 is 1.62 bits per heavy atom. The number of hydrogen-bond donors (Lipinski definition) is 0. The molecule has 0 radical (unpaired) electrons. The molecular weight excluding hydrogens is 406 g/mol. The number of aryl methyl sites for hydroxylation is 3. The molecule has 32 heavy (non-hydrogen) atoms. The van der Waals surface area contributed by atoms with E-state index in [1.54, 1.807) is 18.2 Å². The highest BCUT2D eigenvalue weighted by Crippen LogP contribution is 2.35. The Kier molecular flexibility index (Phi) is 6.69. The highest BCUT2D eigenvalue weighted by molar-refractivity contribution is 5.78. The molecule has 1 atom stereocenters. The molecule has 0 spiro atoms. The predicted molar refractivity (Wildman–Crippen MR) is 123 cm³/mol. The van der Waals surface area contributed by atoms with Crippen molar-refractivity contribution in [3.05, 3.63) is 88.5 Å². The number of esters is 1. The molecule has 0 fully saturated rings. The topological polar surface area (TPSA) is 26.3 Å². The molecule has 3 aromatic rings. The van der Waals surface area contributed by atoms with Crippen molar-refractivity contribution < 1.29 is 18.3 Å². The fourth-order valence-electron chi connectivity index (χ4n) is 4.32. The van der Waals surface area contributed by atoms with Crippen molar-refractivity contribution in [3.63, 3.8) is 0 Å². The SMILES string of the molecule is CCCc1ccc2c(c1F)OC(=O)C(CCc1ccc(-c3ccc(CC)cc3)cc1F)C2. The van der Waals surface area contributed by atoms with Gasteiger partial charge in [0.25, 0.3) is 0 Å². The standard InChI is InChI=1S/C28H28F2O2/c1-3-5-21-12-14-23-16-24(28(31)32-27(23)26(21)30)15-11-20-10-13-22(17-25(20)29)19-8-6-18(4-2)7-9-19/h6-10,12-14,17,24H,3-5,11,15-16H2,1-2H3. The molecule has 2 nitrogen and oxygen atoms in total. The second kappa shape index (κ2) is 9.64. The van der Waals surface area contributed by atoms with Crippen LogP contribution in [0.5, 0.6) is 5.75 Å². The summed E-state index contributed by atoms with van der Waals surface area (Å²) in [6.07, 6.45) is 3.69. The first-order valence-corrected chi connectivity index (χ1v) is 11.4. The van der Waals surface area contributed by atoms with E-state index in [0.29, 0.717) is 42.4 Å². The molecule has 4 heteroatoms. The molecule has 1 unspecified atom stereocenters. The lowest BCUT2D eigenvalue weighted by molar-refractivity contribution is -0.140. The third-order valence-corrected chi connectivity index (χ3v) is 6.29. The van der Waals surface area contributed by atoms with E-state index in [-0.39, 0.29) is 11.6 Å². The summed E-state index contributed by atoms with van der Waals surface area (Å²) in [4.78, 5) is 12.5. The van der Waals surface area contributed by atoms with Crippen molar-refractivity contribution >= 4 is 5.97 Å². The van der Waals surface area contributed by atoms with E-state index < -0.39 is 17.7 Å². The van der Waals surface area contributed by atoms with Crippen molar-refractivity contribution in [1.82, 2.24) is 0 Å². The molecular formula is C28H28F2O2. The summed E-state index contributed by atoms with van der Waals surface area (Å²) in [5.41, 5.74) is 4.90. The van der Waals surface area contributed by atoms with Gasteiger partial charge in [0.15, 0.2) is 11.6 Å². The van der Waals surface area contributed by atoms with Gasteiger partial charge in [0.1, 0.15) is 5.82 Å². The van der Waals surface area contributed by atoms with Crippen molar-refractivity contribution in [1.29, 1.82) is 0 Å². The molecule has 0 saturated carbocycles. The van der Waals surface area contributed by atoms with Crippen molar-refractivity contribution in [3.8, 4) is 16.9 Å². The second-order valence-corrected chi connectivity index (χ2v) is 8.49. The van der Waals surface area contributed by atoms with E-state index in [0.717, 1.165) is 24.0 Å². The first-order chi connectivity index (χ1) is 15.5. The molecule has 3 aromatic carbocycles. The monoisotopic (exact) mass is 434 g/mol. The summed E-state index contributed by atoms with van der Waals surface area (Å²) in [6.45, 7) is 4.08. The maximum Gasteiger partial charge on any atom is 0.314 e. The zero-order valence-corrected chi connectivity index (χ0v) is 18.6. The van der Waals surface area contributed by atoms with E-state index in [1.165, 1.54) is 5.56 Å². The van der Waals surface area contributed by atoms with Gasteiger partial charge in [-0.2, -0.15) is 0 Å². The summed E-state index contributed by atoms with van der Waals surface area (Å²) in [6, 6.07) is 17.0. The van der Waals surface area contributed by atoms with Crippen LogP contribution in [-0.4, -0.2) is 5.97 Å². The average Bonchev–Trinajstić information content (AvgIpc) is 2.81. The van der Waals surface area contributed by atoms with Crippen molar-refractivity contribution in [2.45, 2.75) is 52.4 Å². The third kappa shape index (κ3) is 4.59. The first-order valence-electron chi connectivity index (χ1n) is 11.4. The van der Waals surface area contributed by atoms with Crippen LogP contribution in [0, 0.1) is 17.6 Å². The van der Waals surface area contributed by atoms with Crippen LogP contribution in [0.2, 0.25) is 0 Å². The average molecular weight is 435 g/mol. The molecule has 4 rings (SSSR count). The number of fused-ring (bicyclic) bond motifs is 1. The lowest BCUT2D eigenvalue weighted by Crippen LogP contribution is -2.29. The fourth-order valence-corrected chi connectivity index (χ4v) is 4.32. The summed E-state index contributed by atoms with van der Waals surface area (Å²) < 4.78 is 34.8. The van der Waals surface area contributed by atoms with E-state index in [2.05, 4.69) is 19.1 Å². The van der Waals surface area contributed by atoms with Gasteiger partial charge in [0, 0.05) is 0 Å².